The van der Waals surface area contributed by atoms with Crippen LogP contribution in [0.2, 0.25) is 0 Å². The van der Waals surface area contributed by atoms with Gasteiger partial charge in [0.15, 0.2) is 11.5 Å². The Hall–Kier alpha value is -2.73. The first-order valence-electron chi connectivity index (χ1n) is 12.7. The molecular formula is C29H32O5S. The maximum atomic E-state index is 13.4. The summed E-state index contributed by atoms with van der Waals surface area (Å²) in [6, 6.07) is 14.2. The Balaban J connectivity index is 1.40. The van der Waals surface area contributed by atoms with Crippen molar-refractivity contribution in [2.45, 2.75) is 62.7 Å². The van der Waals surface area contributed by atoms with Crippen LogP contribution in [0.1, 0.15) is 62.5 Å². The molecule has 2 fully saturated rings. The van der Waals surface area contributed by atoms with Crippen LogP contribution in [-0.2, 0) is 16.5 Å². The molecule has 0 spiro atoms. The number of phenols is 1. The highest BCUT2D eigenvalue weighted by Gasteiger charge is 2.51. The van der Waals surface area contributed by atoms with Crippen LogP contribution in [0.5, 0.6) is 17.2 Å². The number of hydrogen-bond acceptors (Lipinski definition) is 5. The Morgan fingerprint density at radius 3 is 2.66 bits per heavy atom. The molecular weight excluding hydrogens is 460 g/mol. The van der Waals surface area contributed by atoms with Crippen LogP contribution in [0.3, 0.4) is 0 Å². The number of hydrogen-bond donors (Lipinski definition) is 1. The lowest BCUT2D eigenvalue weighted by atomic mass is 9.55. The van der Waals surface area contributed by atoms with Crippen LogP contribution in [0.15, 0.2) is 53.4 Å². The van der Waals surface area contributed by atoms with E-state index in [-0.39, 0.29) is 28.1 Å². The van der Waals surface area contributed by atoms with Crippen LogP contribution in [0.25, 0.3) is 10.8 Å². The first-order valence-corrected chi connectivity index (χ1v) is 14.1. The number of phenolic OH excluding ortho intramolecular Hbond substituents is 1. The zero-order valence-corrected chi connectivity index (χ0v) is 21.1. The van der Waals surface area contributed by atoms with Crippen molar-refractivity contribution in [3.63, 3.8) is 0 Å². The van der Waals surface area contributed by atoms with Gasteiger partial charge in [0, 0.05) is 10.9 Å². The molecule has 6 heteroatoms. The summed E-state index contributed by atoms with van der Waals surface area (Å²) >= 11 is 0. The Kier molecular flexibility index (Phi) is 5.29. The van der Waals surface area contributed by atoms with Gasteiger partial charge in [0.2, 0.25) is 5.75 Å². The van der Waals surface area contributed by atoms with E-state index in [2.05, 4.69) is 6.92 Å². The molecule has 0 bridgehead atoms. The molecule has 0 heterocycles. The molecule has 0 radical (unpaired) electrons. The molecule has 3 aromatic carbocycles. The van der Waals surface area contributed by atoms with E-state index in [1.165, 1.54) is 32.8 Å². The largest absolute Gasteiger partial charge is 0.504 e. The van der Waals surface area contributed by atoms with Gasteiger partial charge < -0.3 is 14.0 Å². The molecule has 6 rings (SSSR count). The predicted molar refractivity (Wildman–Crippen MR) is 136 cm³/mol. The predicted octanol–water partition coefficient (Wildman–Crippen LogP) is 6.57. The smallest absolute Gasteiger partial charge is 0.339 e. The number of fused-ring (bicyclic) bond motifs is 6. The van der Waals surface area contributed by atoms with Crippen molar-refractivity contribution in [3.8, 4) is 17.2 Å². The highest BCUT2D eigenvalue weighted by atomic mass is 32.2. The molecule has 2 saturated carbocycles. The van der Waals surface area contributed by atoms with Crippen LogP contribution < -0.4 is 8.92 Å². The van der Waals surface area contributed by atoms with E-state index in [4.69, 9.17) is 8.92 Å². The van der Waals surface area contributed by atoms with E-state index in [1.54, 1.807) is 24.3 Å². The second-order valence-corrected chi connectivity index (χ2v) is 12.4. The summed E-state index contributed by atoms with van der Waals surface area (Å²) < 4.78 is 38.0. The molecule has 3 aliphatic carbocycles. The maximum Gasteiger partial charge on any atom is 0.339 e. The summed E-state index contributed by atoms with van der Waals surface area (Å²) in [5, 5.41) is 12.8. The number of benzene rings is 3. The molecule has 3 aromatic rings. The van der Waals surface area contributed by atoms with E-state index >= 15 is 0 Å². The Bertz CT molecular complexity index is 1410. The fourth-order valence-corrected chi connectivity index (χ4v) is 8.66. The number of rotatable bonds is 4. The van der Waals surface area contributed by atoms with Gasteiger partial charge in [-0.1, -0.05) is 49.7 Å². The van der Waals surface area contributed by atoms with Crippen molar-refractivity contribution >= 4 is 20.9 Å². The SMILES string of the molecule is COc1c(OS(=O)(=O)c2cccc3ccccc23)cc2c(c1O)C1CCC3(C)CCCC3C1CC2. The van der Waals surface area contributed by atoms with Crippen LogP contribution in [0.4, 0.5) is 0 Å². The van der Waals surface area contributed by atoms with Gasteiger partial charge in [0.05, 0.1) is 7.11 Å². The van der Waals surface area contributed by atoms with Crippen LogP contribution in [0, 0.1) is 17.3 Å². The quantitative estimate of drug-likeness (QED) is 0.417. The van der Waals surface area contributed by atoms with E-state index < -0.39 is 10.1 Å². The molecule has 184 valence electrons. The summed E-state index contributed by atoms with van der Waals surface area (Å²) in [6.07, 6.45) is 7.98. The molecule has 1 N–H and O–H groups in total. The highest BCUT2D eigenvalue weighted by Crippen LogP contribution is 2.63. The van der Waals surface area contributed by atoms with Crippen molar-refractivity contribution in [2.75, 3.05) is 7.11 Å². The summed E-state index contributed by atoms with van der Waals surface area (Å²) in [5.41, 5.74) is 2.35. The molecule has 0 aromatic heterocycles. The van der Waals surface area contributed by atoms with Gasteiger partial charge in [0.25, 0.3) is 0 Å². The second kappa shape index (κ2) is 8.16. The lowest BCUT2D eigenvalue weighted by Gasteiger charge is -2.49. The molecule has 0 saturated heterocycles. The van der Waals surface area contributed by atoms with E-state index in [1.807, 2.05) is 24.3 Å². The lowest BCUT2D eigenvalue weighted by molar-refractivity contribution is 0.0587. The summed E-state index contributed by atoms with van der Waals surface area (Å²) in [6.45, 7) is 2.45. The van der Waals surface area contributed by atoms with Gasteiger partial charge in [-0.2, -0.15) is 8.42 Å². The van der Waals surface area contributed by atoms with Crippen LogP contribution in [-0.4, -0.2) is 20.6 Å². The van der Waals surface area contributed by atoms with Crippen LogP contribution >= 0.6 is 0 Å². The molecule has 4 atom stereocenters. The fraction of sp³-hybridized carbons (Fsp3) is 0.448. The second-order valence-electron chi connectivity index (χ2n) is 10.8. The standard InChI is InChI=1S/C29H32O5S/c1-29-15-6-10-23(29)21-13-12-19-17-24(28(33-2)27(30)26(19)22(21)14-16-29)34-35(31,32)25-11-5-8-18-7-3-4-9-20(18)25/h3-5,7-9,11,17,21-23,30H,6,10,12-16H2,1-2H3. The number of ether oxygens (including phenoxy) is 1. The van der Waals surface area contributed by atoms with E-state index in [0.717, 1.165) is 35.8 Å². The van der Waals surface area contributed by atoms with Crippen molar-refractivity contribution < 1.29 is 22.4 Å². The van der Waals surface area contributed by atoms with Crippen molar-refractivity contribution in [1.82, 2.24) is 0 Å². The van der Waals surface area contributed by atoms with Gasteiger partial charge >= 0.3 is 10.1 Å². The number of aryl methyl sites for hydroxylation is 1. The summed E-state index contributed by atoms with van der Waals surface area (Å²) in [5.74, 6) is 1.74. The Labute approximate surface area is 207 Å². The van der Waals surface area contributed by atoms with E-state index in [0.29, 0.717) is 22.6 Å². The third-order valence-electron chi connectivity index (χ3n) is 9.10. The third-order valence-corrected chi connectivity index (χ3v) is 10.4. The maximum absolute atomic E-state index is 13.4. The minimum atomic E-state index is -4.15. The van der Waals surface area contributed by atoms with Gasteiger partial charge in [0.1, 0.15) is 4.90 Å². The van der Waals surface area contributed by atoms with Gasteiger partial charge in [-0.05, 0) is 84.8 Å². The average Bonchev–Trinajstić information content (AvgIpc) is 3.25. The van der Waals surface area contributed by atoms with Gasteiger partial charge in [-0.15, -0.1) is 0 Å². The van der Waals surface area contributed by atoms with Gasteiger partial charge in [-0.25, -0.2) is 0 Å². The van der Waals surface area contributed by atoms with Crippen molar-refractivity contribution in [3.05, 3.63) is 59.7 Å². The van der Waals surface area contributed by atoms with Crippen molar-refractivity contribution in [2.24, 2.45) is 17.3 Å². The molecule has 35 heavy (non-hydrogen) atoms. The molecule has 4 unspecified atom stereocenters. The highest BCUT2D eigenvalue weighted by molar-refractivity contribution is 7.87. The average molecular weight is 493 g/mol. The molecule has 0 aliphatic heterocycles. The first kappa shape index (κ1) is 22.7. The minimum Gasteiger partial charge on any atom is -0.504 e. The Morgan fingerprint density at radius 2 is 1.83 bits per heavy atom. The third kappa shape index (κ3) is 3.52. The summed E-state index contributed by atoms with van der Waals surface area (Å²) in [4.78, 5) is 0.0997. The van der Waals surface area contributed by atoms with Gasteiger partial charge in [-0.3, -0.25) is 0 Å². The van der Waals surface area contributed by atoms with E-state index in [9.17, 15) is 13.5 Å². The first-order chi connectivity index (χ1) is 16.8. The normalized spacial score (nSPS) is 27.7. The monoisotopic (exact) mass is 492 g/mol. The molecule has 0 amide bonds. The minimum absolute atomic E-state index is 0.0458. The van der Waals surface area contributed by atoms with Crippen molar-refractivity contribution in [1.29, 1.82) is 0 Å². The fourth-order valence-electron chi connectivity index (χ4n) is 7.51. The topological polar surface area (TPSA) is 72.8 Å². The number of methoxy groups -OCH3 is 1. The summed E-state index contributed by atoms with van der Waals surface area (Å²) in [7, 11) is -2.70. The molecule has 3 aliphatic rings. The molecule has 5 nitrogen and oxygen atoms in total. The Morgan fingerprint density at radius 1 is 1.03 bits per heavy atom. The number of aromatic hydroxyl groups is 1. The zero-order chi connectivity index (χ0) is 24.4. The zero-order valence-electron chi connectivity index (χ0n) is 20.3. The lowest BCUT2D eigenvalue weighted by Crippen LogP contribution is -2.39.